The van der Waals surface area contributed by atoms with Gasteiger partial charge in [0.2, 0.25) is 5.91 Å². The number of alkyl halides is 1. The molecule has 0 bridgehead atoms. The molecule has 2 heterocycles. The summed E-state index contributed by atoms with van der Waals surface area (Å²) < 4.78 is 5.25. The second-order valence-corrected chi connectivity index (χ2v) is 6.89. The average molecular weight is 359 g/mol. The molecule has 21 heavy (non-hydrogen) atoms. The molecule has 1 fully saturated rings. The molecule has 2 aliphatic rings. The third-order valence-corrected chi connectivity index (χ3v) is 3.95. The molecule has 1 N–H and O–H groups in total. The fourth-order valence-corrected chi connectivity index (χ4v) is 2.86. The van der Waals surface area contributed by atoms with Gasteiger partial charge >= 0.3 is 5.97 Å². The van der Waals surface area contributed by atoms with E-state index in [0.717, 1.165) is 4.90 Å². The first kappa shape index (κ1) is 15.8. The summed E-state index contributed by atoms with van der Waals surface area (Å²) in [6, 6.07) is -1.76. The second-order valence-electron chi connectivity index (χ2n) is 5.84. The largest absolute Gasteiger partial charge is 0.455 e. The molecule has 114 valence electrons. The molecule has 0 spiro atoms. The molecule has 9 heteroatoms. The van der Waals surface area contributed by atoms with Crippen LogP contribution >= 0.6 is 15.9 Å². The van der Waals surface area contributed by atoms with Gasteiger partial charge in [-0.1, -0.05) is 21.0 Å². The Hall–Kier alpha value is -1.57. The topological polar surface area (TPSA) is 116 Å². The molecule has 0 radical (unpaired) electrons. The fraction of sp³-hybridized carbons (Fsp3) is 0.667. The van der Waals surface area contributed by atoms with Crippen molar-refractivity contribution < 1.29 is 19.4 Å². The Morgan fingerprint density at radius 3 is 2.71 bits per heavy atom. The number of hydrogen-bond donors (Lipinski definition) is 1. The number of halogens is 1. The van der Waals surface area contributed by atoms with Crippen molar-refractivity contribution in [3.8, 4) is 0 Å². The van der Waals surface area contributed by atoms with Gasteiger partial charge in [-0.2, -0.15) is 0 Å². The van der Waals surface area contributed by atoms with Crippen molar-refractivity contribution in [3.05, 3.63) is 22.2 Å². The average Bonchev–Trinajstić information content (AvgIpc) is 2.36. The van der Waals surface area contributed by atoms with Crippen LogP contribution in [0.15, 0.2) is 16.9 Å². The number of nitrogens with zero attached hydrogens (tertiary/aromatic N) is 4. The number of carbonyl (C=O) groups is 2. The Morgan fingerprint density at radius 1 is 1.57 bits per heavy atom. The monoisotopic (exact) mass is 358 g/mol. The summed E-state index contributed by atoms with van der Waals surface area (Å²) in [5, 5.41) is 13.5. The molecule has 4 atom stereocenters. The van der Waals surface area contributed by atoms with Gasteiger partial charge in [-0.05, 0) is 32.4 Å². The SMILES string of the molecule is CC(C)(C)OC(=O)C1=C[C@H](Br)[C@@H](O)[C@@H]2[C@H](N=[N+]=[N-])C(=O)N12. The standard InChI is InChI=1S/C12H15BrN4O4/c1-12(2,3)21-11(20)6-4-5(13)9(18)8-7(15-16-14)10(19)17(6)8/h4-5,7-9,18H,1-3H3/t5-,7-,8-,9+/m0/s1. The minimum Gasteiger partial charge on any atom is -0.455 e. The predicted octanol–water partition coefficient (Wildman–Crippen LogP) is 1.24. The molecule has 2 rings (SSSR count). The highest BCUT2D eigenvalue weighted by Gasteiger charge is 2.57. The highest BCUT2D eigenvalue weighted by atomic mass is 79.9. The molecule has 0 saturated carbocycles. The zero-order valence-corrected chi connectivity index (χ0v) is 13.3. The fourth-order valence-electron chi connectivity index (χ4n) is 2.30. The summed E-state index contributed by atoms with van der Waals surface area (Å²) in [5.41, 5.74) is 7.83. The smallest absolute Gasteiger partial charge is 0.355 e. The number of hydrogen-bond acceptors (Lipinski definition) is 5. The highest BCUT2D eigenvalue weighted by molar-refractivity contribution is 9.09. The van der Waals surface area contributed by atoms with E-state index in [-0.39, 0.29) is 5.70 Å². The molecule has 0 aliphatic carbocycles. The maximum atomic E-state index is 12.2. The Balaban J connectivity index is 2.31. The molecule has 8 nitrogen and oxygen atoms in total. The van der Waals surface area contributed by atoms with Crippen LogP contribution in [0.5, 0.6) is 0 Å². The van der Waals surface area contributed by atoms with Crippen LogP contribution in [0.3, 0.4) is 0 Å². The van der Waals surface area contributed by atoms with Gasteiger partial charge in [0.1, 0.15) is 17.3 Å². The summed E-state index contributed by atoms with van der Waals surface area (Å²) in [5.74, 6) is -1.18. The van der Waals surface area contributed by atoms with E-state index in [1.54, 1.807) is 20.8 Å². The summed E-state index contributed by atoms with van der Waals surface area (Å²) in [7, 11) is 0. The number of β-lactam (4-membered cyclic amide) rings is 1. The molecule has 0 unspecified atom stereocenters. The Kier molecular flexibility index (Phi) is 4.01. The number of rotatable bonds is 2. The van der Waals surface area contributed by atoms with E-state index in [1.807, 2.05) is 0 Å². The molecule has 0 aromatic rings. The third-order valence-electron chi connectivity index (χ3n) is 3.15. The number of esters is 1. The van der Waals surface area contributed by atoms with Crippen molar-refractivity contribution in [2.45, 2.75) is 49.4 Å². The van der Waals surface area contributed by atoms with Gasteiger partial charge in [-0.25, -0.2) is 4.79 Å². The molecule has 0 aromatic heterocycles. The lowest BCUT2D eigenvalue weighted by molar-refractivity contribution is -0.164. The van der Waals surface area contributed by atoms with E-state index in [4.69, 9.17) is 10.3 Å². The van der Waals surface area contributed by atoms with Gasteiger partial charge in [-0.3, -0.25) is 9.69 Å². The number of ether oxygens (including phenoxy) is 1. The number of amides is 1. The van der Waals surface area contributed by atoms with Crippen LogP contribution in [-0.2, 0) is 14.3 Å². The van der Waals surface area contributed by atoms with Crippen molar-refractivity contribution in [3.63, 3.8) is 0 Å². The van der Waals surface area contributed by atoms with E-state index < -0.39 is 40.5 Å². The maximum Gasteiger partial charge on any atom is 0.355 e. The lowest BCUT2D eigenvalue weighted by Gasteiger charge is -2.51. The number of aliphatic hydroxyl groups is 1. The molecule has 2 aliphatic heterocycles. The minimum absolute atomic E-state index is 0.0523. The van der Waals surface area contributed by atoms with Gasteiger partial charge in [0.05, 0.1) is 17.0 Å². The van der Waals surface area contributed by atoms with E-state index >= 15 is 0 Å². The van der Waals surface area contributed by atoms with Crippen LogP contribution in [-0.4, -0.2) is 50.5 Å². The van der Waals surface area contributed by atoms with Crippen LogP contribution in [0.25, 0.3) is 10.4 Å². The summed E-state index contributed by atoms with van der Waals surface area (Å²) in [6.07, 6.45) is 0.462. The van der Waals surface area contributed by atoms with Crippen LogP contribution in [0.2, 0.25) is 0 Å². The van der Waals surface area contributed by atoms with E-state index in [2.05, 4.69) is 26.0 Å². The van der Waals surface area contributed by atoms with E-state index in [0.29, 0.717) is 0 Å². The number of fused-ring (bicyclic) bond motifs is 1. The molecular weight excluding hydrogens is 344 g/mol. The second kappa shape index (κ2) is 5.32. The quantitative estimate of drug-likeness (QED) is 0.199. The first-order valence-electron chi connectivity index (χ1n) is 6.32. The van der Waals surface area contributed by atoms with Crippen LogP contribution < -0.4 is 0 Å². The van der Waals surface area contributed by atoms with Crippen molar-refractivity contribution in [2.75, 3.05) is 0 Å². The van der Waals surface area contributed by atoms with Gasteiger partial charge in [0.25, 0.3) is 0 Å². The third kappa shape index (κ3) is 2.76. The number of carbonyl (C=O) groups excluding carboxylic acids is 2. The molecular formula is C12H15BrN4O4. The number of aliphatic hydroxyl groups excluding tert-OH is 1. The van der Waals surface area contributed by atoms with E-state index in [9.17, 15) is 14.7 Å². The predicted molar refractivity (Wildman–Crippen MR) is 76.2 cm³/mol. The van der Waals surface area contributed by atoms with Crippen molar-refractivity contribution in [1.29, 1.82) is 0 Å². The zero-order valence-electron chi connectivity index (χ0n) is 11.7. The molecule has 0 aromatic carbocycles. The van der Waals surface area contributed by atoms with Gasteiger partial charge < -0.3 is 9.84 Å². The molecule has 1 amide bonds. The van der Waals surface area contributed by atoms with Crippen LogP contribution in [0, 0.1) is 0 Å². The van der Waals surface area contributed by atoms with Crippen molar-refractivity contribution >= 4 is 27.8 Å². The normalized spacial score (nSPS) is 31.6. The first-order chi connectivity index (χ1) is 9.67. The lowest BCUT2D eigenvalue weighted by atomic mass is 9.85. The summed E-state index contributed by atoms with van der Waals surface area (Å²) in [4.78, 5) is 27.4. The Labute approximate surface area is 129 Å². The minimum atomic E-state index is -1.00. The van der Waals surface area contributed by atoms with Crippen LogP contribution in [0.4, 0.5) is 0 Å². The maximum absolute atomic E-state index is 12.2. The van der Waals surface area contributed by atoms with Gasteiger partial charge in [-0.15, -0.1) is 0 Å². The summed E-state index contributed by atoms with van der Waals surface area (Å²) >= 11 is 3.24. The highest BCUT2D eigenvalue weighted by Crippen LogP contribution is 2.38. The summed E-state index contributed by atoms with van der Waals surface area (Å²) in [6.45, 7) is 5.15. The Morgan fingerprint density at radius 2 is 2.19 bits per heavy atom. The molecule has 1 saturated heterocycles. The van der Waals surface area contributed by atoms with Crippen LogP contribution in [0.1, 0.15) is 20.8 Å². The Bertz CT molecular complexity index is 564. The zero-order chi connectivity index (χ0) is 15.9. The van der Waals surface area contributed by atoms with Gasteiger partial charge in [0, 0.05) is 4.91 Å². The first-order valence-corrected chi connectivity index (χ1v) is 7.23. The lowest BCUT2D eigenvalue weighted by Crippen LogP contribution is -2.71. The van der Waals surface area contributed by atoms with Crippen molar-refractivity contribution in [2.24, 2.45) is 5.11 Å². The van der Waals surface area contributed by atoms with Gasteiger partial charge in [0.15, 0.2) is 0 Å². The number of azide groups is 1. The van der Waals surface area contributed by atoms with Crippen molar-refractivity contribution in [1.82, 2.24) is 4.90 Å². The van der Waals surface area contributed by atoms with E-state index in [1.165, 1.54) is 6.08 Å².